The van der Waals surface area contributed by atoms with Gasteiger partial charge in [0.1, 0.15) is 4.21 Å². The van der Waals surface area contributed by atoms with E-state index in [1.165, 1.54) is 10.4 Å². The molecule has 0 spiro atoms. The normalized spacial score (nSPS) is 11.9. The van der Waals surface area contributed by atoms with E-state index < -0.39 is 10.0 Å². The Hall–Kier alpha value is -0.920. The van der Waals surface area contributed by atoms with Crippen molar-refractivity contribution in [3.63, 3.8) is 0 Å². The van der Waals surface area contributed by atoms with Gasteiger partial charge in [0, 0.05) is 13.1 Å². The standard InChI is InChI=1S/C13H14ClNO3S2/c14-12-6-7-13(19-12)20(17,18)15(8-9-16)10-11-4-2-1-3-5-11/h1-7,16H,8-10H2. The number of nitrogens with zero attached hydrogens (tertiary/aromatic N) is 1. The molecule has 0 saturated heterocycles. The van der Waals surface area contributed by atoms with Crippen molar-refractivity contribution in [2.45, 2.75) is 10.8 Å². The molecule has 0 amide bonds. The third kappa shape index (κ3) is 3.59. The lowest BCUT2D eigenvalue weighted by atomic mass is 10.2. The zero-order valence-electron chi connectivity index (χ0n) is 10.6. The van der Waals surface area contributed by atoms with Crippen LogP contribution in [0.2, 0.25) is 4.34 Å². The first-order valence-electron chi connectivity index (χ1n) is 5.94. The van der Waals surface area contributed by atoms with Gasteiger partial charge in [0.05, 0.1) is 10.9 Å². The first kappa shape index (κ1) is 15.5. The molecule has 0 atom stereocenters. The van der Waals surface area contributed by atoms with Gasteiger partial charge < -0.3 is 5.11 Å². The number of aliphatic hydroxyl groups excluding tert-OH is 1. The summed E-state index contributed by atoms with van der Waals surface area (Å²) >= 11 is 6.81. The molecule has 0 aliphatic carbocycles. The Balaban J connectivity index is 2.28. The number of benzene rings is 1. The predicted octanol–water partition coefficient (Wildman–Crippen LogP) is 2.58. The number of rotatable bonds is 6. The van der Waals surface area contributed by atoms with Crippen LogP contribution in [0, 0.1) is 0 Å². The summed E-state index contributed by atoms with van der Waals surface area (Å²) in [5.74, 6) is 0. The van der Waals surface area contributed by atoms with Gasteiger partial charge in [-0.15, -0.1) is 11.3 Å². The molecule has 2 rings (SSSR count). The van der Waals surface area contributed by atoms with Crippen molar-refractivity contribution in [1.82, 2.24) is 4.31 Å². The van der Waals surface area contributed by atoms with E-state index in [1.54, 1.807) is 6.07 Å². The Labute approximate surface area is 127 Å². The van der Waals surface area contributed by atoms with E-state index in [2.05, 4.69) is 0 Å². The van der Waals surface area contributed by atoms with E-state index in [1.807, 2.05) is 30.3 Å². The molecule has 20 heavy (non-hydrogen) atoms. The van der Waals surface area contributed by atoms with Crippen LogP contribution in [-0.4, -0.2) is 31.0 Å². The monoisotopic (exact) mass is 331 g/mol. The summed E-state index contributed by atoms with van der Waals surface area (Å²) in [4.78, 5) is 0. The van der Waals surface area contributed by atoms with Crippen molar-refractivity contribution in [3.8, 4) is 0 Å². The first-order chi connectivity index (χ1) is 9.54. The Morgan fingerprint density at radius 3 is 2.40 bits per heavy atom. The molecule has 2 aromatic rings. The van der Waals surface area contributed by atoms with Crippen LogP contribution in [0.5, 0.6) is 0 Å². The summed E-state index contributed by atoms with van der Waals surface area (Å²) in [5, 5.41) is 9.10. The van der Waals surface area contributed by atoms with Gasteiger partial charge in [-0.25, -0.2) is 8.42 Å². The van der Waals surface area contributed by atoms with E-state index in [9.17, 15) is 8.42 Å². The lowest BCUT2D eigenvalue weighted by Gasteiger charge is -2.20. The molecule has 0 unspecified atom stereocenters. The largest absolute Gasteiger partial charge is 0.395 e. The van der Waals surface area contributed by atoms with Crippen molar-refractivity contribution in [3.05, 3.63) is 52.4 Å². The van der Waals surface area contributed by atoms with Gasteiger partial charge in [0.25, 0.3) is 10.0 Å². The Morgan fingerprint density at radius 1 is 1.15 bits per heavy atom. The fourth-order valence-electron chi connectivity index (χ4n) is 1.75. The van der Waals surface area contributed by atoms with E-state index in [0.29, 0.717) is 4.34 Å². The highest BCUT2D eigenvalue weighted by Gasteiger charge is 2.25. The molecule has 1 N–H and O–H groups in total. The molecular weight excluding hydrogens is 318 g/mol. The molecule has 7 heteroatoms. The van der Waals surface area contributed by atoms with Crippen molar-refractivity contribution < 1.29 is 13.5 Å². The van der Waals surface area contributed by atoms with Gasteiger partial charge in [-0.05, 0) is 17.7 Å². The van der Waals surface area contributed by atoms with Gasteiger partial charge >= 0.3 is 0 Å². The minimum absolute atomic E-state index is 0.0484. The fraction of sp³-hybridized carbons (Fsp3) is 0.231. The molecule has 0 aliphatic heterocycles. The van der Waals surface area contributed by atoms with Gasteiger partial charge in [0.15, 0.2) is 0 Å². The van der Waals surface area contributed by atoms with Crippen molar-refractivity contribution in [2.24, 2.45) is 0 Å². The van der Waals surface area contributed by atoms with Crippen LogP contribution in [0.3, 0.4) is 0 Å². The number of halogens is 1. The molecule has 0 radical (unpaired) electrons. The Bertz CT molecular complexity index is 655. The van der Waals surface area contributed by atoms with Crippen molar-refractivity contribution in [1.29, 1.82) is 0 Å². The molecule has 1 heterocycles. The zero-order chi connectivity index (χ0) is 14.6. The number of hydrogen-bond donors (Lipinski definition) is 1. The summed E-state index contributed by atoms with van der Waals surface area (Å²) in [7, 11) is -3.63. The van der Waals surface area contributed by atoms with Gasteiger partial charge in [0.2, 0.25) is 0 Å². The maximum absolute atomic E-state index is 12.5. The van der Waals surface area contributed by atoms with Crippen LogP contribution < -0.4 is 0 Å². The second-order valence-corrected chi connectivity index (χ2v) is 7.99. The Morgan fingerprint density at radius 2 is 1.85 bits per heavy atom. The first-order valence-corrected chi connectivity index (χ1v) is 8.58. The second kappa shape index (κ2) is 6.69. The number of aliphatic hydroxyl groups is 1. The zero-order valence-corrected chi connectivity index (χ0v) is 13.0. The summed E-state index contributed by atoms with van der Waals surface area (Å²) in [6.45, 7) is 0.0389. The summed E-state index contributed by atoms with van der Waals surface area (Å²) < 4.78 is 26.9. The average molecular weight is 332 g/mol. The third-order valence-corrected chi connectivity index (χ3v) is 6.24. The minimum Gasteiger partial charge on any atom is -0.395 e. The van der Waals surface area contributed by atoms with E-state index >= 15 is 0 Å². The number of sulfonamides is 1. The molecule has 0 saturated carbocycles. The summed E-state index contributed by atoms with van der Waals surface area (Å²) in [6, 6.07) is 12.3. The fourth-order valence-corrected chi connectivity index (χ4v) is 4.80. The Kier molecular flexibility index (Phi) is 5.17. The topological polar surface area (TPSA) is 57.6 Å². The molecule has 108 valence electrons. The van der Waals surface area contributed by atoms with Crippen molar-refractivity contribution in [2.75, 3.05) is 13.2 Å². The lowest BCUT2D eigenvalue weighted by Crippen LogP contribution is -2.32. The molecular formula is C13H14ClNO3S2. The highest BCUT2D eigenvalue weighted by Crippen LogP contribution is 2.28. The summed E-state index contributed by atoms with van der Waals surface area (Å²) in [5.41, 5.74) is 0.868. The molecule has 1 aromatic carbocycles. The lowest BCUT2D eigenvalue weighted by molar-refractivity contribution is 0.251. The molecule has 1 aromatic heterocycles. The van der Waals surface area contributed by atoms with Crippen LogP contribution in [0.1, 0.15) is 5.56 Å². The maximum Gasteiger partial charge on any atom is 0.252 e. The SMILES string of the molecule is O=S(=O)(c1ccc(Cl)s1)N(CCO)Cc1ccccc1. The van der Waals surface area contributed by atoms with Crippen molar-refractivity contribution >= 4 is 33.0 Å². The van der Waals surface area contributed by atoms with Crippen LogP contribution in [0.4, 0.5) is 0 Å². The maximum atomic E-state index is 12.5. The molecule has 0 bridgehead atoms. The van der Waals surface area contributed by atoms with Crippen LogP contribution in [-0.2, 0) is 16.6 Å². The van der Waals surface area contributed by atoms with E-state index in [4.69, 9.17) is 16.7 Å². The van der Waals surface area contributed by atoms with Crippen LogP contribution >= 0.6 is 22.9 Å². The highest BCUT2D eigenvalue weighted by atomic mass is 35.5. The van der Waals surface area contributed by atoms with Gasteiger partial charge in [-0.2, -0.15) is 4.31 Å². The van der Waals surface area contributed by atoms with Gasteiger partial charge in [-0.1, -0.05) is 41.9 Å². The third-order valence-electron chi connectivity index (χ3n) is 2.69. The van der Waals surface area contributed by atoms with Gasteiger partial charge in [-0.3, -0.25) is 0 Å². The number of hydrogen-bond acceptors (Lipinski definition) is 4. The predicted molar refractivity (Wildman–Crippen MR) is 80.5 cm³/mol. The molecule has 0 aliphatic rings. The van der Waals surface area contributed by atoms with Crippen LogP contribution in [0.25, 0.3) is 0 Å². The van der Waals surface area contributed by atoms with E-state index in [0.717, 1.165) is 16.9 Å². The molecule has 4 nitrogen and oxygen atoms in total. The minimum atomic E-state index is -3.63. The second-order valence-electron chi connectivity index (χ2n) is 4.11. The van der Waals surface area contributed by atoms with Crippen LogP contribution in [0.15, 0.2) is 46.7 Å². The van der Waals surface area contributed by atoms with E-state index in [-0.39, 0.29) is 23.9 Å². The average Bonchev–Trinajstić information content (AvgIpc) is 2.87. The smallest absolute Gasteiger partial charge is 0.252 e. The summed E-state index contributed by atoms with van der Waals surface area (Å²) in [6.07, 6.45) is 0. The molecule has 0 fully saturated rings. The number of thiophene rings is 1. The highest BCUT2D eigenvalue weighted by molar-refractivity contribution is 7.91. The quantitative estimate of drug-likeness (QED) is 0.885.